The molecule has 60 heavy (non-hydrogen) atoms. The van der Waals surface area contributed by atoms with E-state index in [2.05, 4.69) is 179 Å². The highest BCUT2D eigenvalue weighted by molar-refractivity contribution is 6.15. The Balaban J connectivity index is 1.03. The van der Waals surface area contributed by atoms with Gasteiger partial charge in [0.25, 0.3) is 0 Å². The second-order valence-electron chi connectivity index (χ2n) is 16.1. The lowest BCUT2D eigenvalue weighted by molar-refractivity contribution is 0.941. The summed E-state index contributed by atoms with van der Waals surface area (Å²) < 4.78 is 4.75. The maximum atomic E-state index is 4.94. The van der Waals surface area contributed by atoms with Crippen molar-refractivity contribution < 1.29 is 0 Å². The first-order valence-electron chi connectivity index (χ1n) is 20.8. The summed E-state index contributed by atoms with van der Waals surface area (Å²) in [7, 11) is 0. The molecule has 0 atom stereocenters. The van der Waals surface area contributed by atoms with Gasteiger partial charge < -0.3 is 0 Å². The van der Waals surface area contributed by atoms with Gasteiger partial charge >= 0.3 is 0 Å². The zero-order valence-corrected chi connectivity index (χ0v) is 32.7. The average Bonchev–Trinajstić information content (AvgIpc) is 3.82. The second kappa shape index (κ2) is 12.8. The van der Waals surface area contributed by atoms with Crippen LogP contribution in [0.1, 0.15) is 11.1 Å². The van der Waals surface area contributed by atoms with Crippen LogP contribution in [0.5, 0.6) is 0 Å². The van der Waals surface area contributed by atoms with Gasteiger partial charge in [0.05, 0.1) is 22.1 Å². The van der Waals surface area contributed by atoms with Crippen molar-refractivity contribution in [3.63, 3.8) is 0 Å². The van der Waals surface area contributed by atoms with Crippen molar-refractivity contribution in [2.24, 2.45) is 0 Å². The van der Waals surface area contributed by atoms with Gasteiger partial charge in [-0.2, -0.15) is 0 Å². The molecule has 12 aromatic rings. The molecule has 0 radical (unpaired) electrons. The molecule has 0 aliphatic heterocycles. The van der Waals surface area contributed by atoms with E-state index in [0.29, 0.717) is 0 Å². The number of rotatable bonds is 4. The highest BCUT2D eigenvalue weighted by atomic mass is 15.1. The van der Waals surface area contributed by atoms with Crippen LogP contribution in [-0.4, -0.2) is 19.1 Å². The zero-order chi connectivity index (χ0) is 39.3. The molecule has 0 fully saturated rings. The van der Waals surface area contributed by atoms with Gasteiger partial charge in [-0.05, 0) is 152 Å². The Hall–Kier alpha value is -7.82. The Bertz CT molecular complexity index is 3620. The largest absolute Gasteiger partial charge is 0.294 e. The Labute approximate surface area is 346 Å². The van der Waals surface area contributed by atoms with Gasteiger partial charge in [-0.1, -0.05) is 109 Å². The number of fused-ring (bicyclic) bond motifs is 12. The van der Waals surface area contributed by atoms with Gasteiger partial charge in [-0.15, -0.1) is 0 Å². The van der Waals surface area contributed by atoms with Crippen molar-refractivity contribution in [2.45, 2.75) is 12.8 Å². The summed E-state index contributed by atoms with van der Waals surface area (Å²) in [6, 6.07) is 66.6. The summed E-state index contributed by atoms with van der Waals surface area (Å²) in [5.41, 5.74) is 14.9. The van der Waals surface area contributed by atoms with Crippen LogP contribution in [0.2, 0.25) is 0 Å². The van der Waals surface area contributed by atoms with Gasteiger partial charge in [0, 0.05) is 33.9 Å². The van der Waals surface area contributed by atoms with Gasteiger partial charge in [0.1, 0.15) is 11.6 Å². The summed E-state index contributed by atoms with van der Waals surface area (Å²) in [4.78, 5) is 9.84. The quantitative estimate of drug-likeness (QED) is 0.179. The van der Waals surface area contributed by atoms with E-state index in [0.717, 1.165) is 35.5 Å². The highest BCUT2D eigenvalue weighted by Gasteiger charge is 2.26. The number of nitrogens with zero attached hydrogens (tertiary/aromatic N) is 4. The van der Waals surface area contributed by atoms with Crippen molar-refractivity contribution >= 4 is 65.2 Å². The van der Waals surface area contributed by atoms with E-state index in [1.165, 1.54) is 98.6 Å². The van der Waals surface area contributed by atoms with Crippen LogP contribution in [0.15, 0.2) is 194 Å². The fourth-order valence-corrected chi connectivity index (χ4v) is 10.1. The van der Waals surface area contributed by atoms with E-state index in [9.17, 15) is 0 Å². The first-order valence-corrected chi connectivity index (χ1v) is 20.8. The molecule has 1 aliphatic rings. The fraction of sp³-hybridized carbons (Fsp3) is 0.0357. The minimum absolute atomic E-state index is 0.917. The van der Waals surface area contributed by atoms with Gasteiger partial charge in [-0.3, -0.25) is 9.13 Å². The average molecular weight is 765 g/mol. The van der Waals surface area contributed by atoms with Crippen LogP contribution in [0, 0.1) is 0 Å². The number of aromatic nitrogens is 4. The molecule has 0 unspecified atom stereocenters. The van der Waals surface area contributed by atoms with Crippen LogP contribution in [-0.2, 0) is 12.8 Å². The Morgan fingerprint density at radius 2 is 0.883 bits per heavy atom. The molecule has 0 spiro atoms. The SMILES string of the molecule is c1ccc(-n2c3ccc(-c4ccc5ccccc5c4)cc3c3cc4c(cc32)-c2ccc3c5cc(-c6ccc7ccccc7c6)ccc5n(-c5ccccn5)c3c2CC4)nc1. The summed E-state index contributed by atoms with van der Waals surface area (Å²) >= 11 is 0. The van der Waals surface area contributed by atoms with Crippen molar-refractivity contribution in [1.29, 1.82) is 0 Å². The van der Waals surface area contributed by atoms with Crippen molar-refractivity contribution in [3.05, 3.63) is 206 Å². The van der Waals surface area contributed by atoms with E-state index in [1.54, 1.807) is 0 Å². The minimum Gasteiger partial charge on any atom is -0.294 e. The molecule has 280 valence electrons. The molecule has 13 rings (SSSR count). The summed E-state index contributed by atoms with van der Waals surface area (Å²) in [5.74, 6) is 1.85. The first kappa shape index (κ1) is 33.2. The van der Waals surface area contributed by atoms with E-state index in [1.807, 2.05) is 24.5 Å². The second-order valence-corrected chi connectivity index (χ2v) is 16.1. The van der Waals surface area contributed by atoms with E-state index >= 15 is 0 Å². The molecule has 4 nitrogen and oxygen atoms in total. The van der Waals surface area contributed by atoms with Crippen molar-refractivity contribution in [3.8, 4) is 45.0 Å². The topological polar surface area (TPSA) is 35.6 Å². The standard InChI is InChI=1S/C56H36N4/c1-3-11-37-29-39(17-15-35(37)9-1)41-21-26-52-48(31-41)46-24-23-44-45(56(46)60(52)55-14-6-8-28-58-55)22-19-43-33-50-49-32-42(40-18-16-36-10-2-4-12-38(36)30-40)20-25-51(49)59(53(50)34-47(43)44)54-13-5-7-27-57-54/h1-18,20-21,23-34H,19,22H2. The lowest BCUT2D eigenvalue weighted by Crippen LogP contribution is -2.07. The van der Waals surface area contributed by atoms with Crippen LogP contribution in [0.4, 0.5) is 0 Å². The van der Waals surface area contributed by atoms with Crippen molar-refractivity contribution in [2.75, 3.05) is 0 Å². The molecule has 4 heterocycles. The molecular weight excluding hydrogens is 729 g/mol. The molecule has 8 aromatic carbocycles. The predicted octanol–water partition coefficient (Wildman–Crippen LogP) is 14.1. The normalized spacial score (nSPS) is 12.5. The summed E-state index contributed by atoms with van der Waals surface area (Å²) in [6.45, 7) is 0. The third kappa shape index (κ3) is 4.98. The smallest absolute Gasteiger partial charge is 0.137 e. The number of benzene rings is 8. The fourth-order valence-electron chi connectivity index (χ4n) is 10.1. The van der Waals surface area contributed by atoms with E-state index < -0.39 is 0 Å². The van der Waals surface area contributed by atoms with Crippen LogP contribution >= 0.6 is 0 Å². The molecule has 0 saturated carbocycles. The first-order chi connectivity index (χ1) is 29.7. The molecule has 0 amide bonds. The minimum atomic E-state index is 0.917. The van der Waals surface area contributed by atoms with Crippen LogP contribution in [0.25, 0.3) is 110 Å². The van der Waals surface area contributed by atoms with Crippen LogP contribution in [0.3, 0.4) is 0 Å². The molecule has 0 N–H and O–H groups in total. The maximum absolute atomic E-state index is 4.94. The molecular formula is C56H36N4. The number of hydrogen-bond donors (Lipinski definition) is 0. The molecule has 4 heteroatoms. The monoisotopic (exact) mass is 764 g/mol. The van der Waals surface area contributed by atoms with E-state index in [4.69, 9.17) is 9.97 Å². The Kier molecular flexibility index (Phi) is 7.10. The third-order valence-electron chi connectivity index (χ3n) is 12.9. The Morgan fingerprint density at radius 3 is 1.52 bits per heavy atom. The maximum Gasteiger partial charge on any atom is 0.137 e. The molecule has 0 bridgehead atoms. The molecule has 4 aromatic heterocycles. The van der Waals surface area contributed by atoms with E-state index in [-0.39, 0.29) is 0 Å². The predicted molar refractivity (Wildman–Crippen MR) is 249 cm³/mol. The molecule has 1 aliphatic carbocycles. The molecule has 0 saturated heterocycles. The summed E-state index contributed by atoms with van der Waals surface area (Å²) in [5, 5.41) is 10.00. The Morgan fingerprint density at radius 1 is 0.350 bits per heavy atom. The van der Waals surface area contributed by atoms with Crippen molar-refractivity contribution in [1.82, 2.24) is 19.1 Å². The summed E-state index contributed by atoms with van der Waals surface area (Å²) in [6.07, 6.45) is 5.68. The highest BCUT2D eigenvalue weighted by Crippen LogP contribution is 2.46. The third-order valence-corrected chi connectivity index (χ3v) is 12.9. The number of hydrogen-bond acceptors (Lipinski definition) is 2. The van der Waals surface area contributed by atoms with Crippen LogP contribution < -0.4 is 0 Å². The lowest BCUT2D eigenvalue weighted by Gasteiger charge is -2.22. The lowest BCUT2D eigenvalue weighted by atomic mass is 9.83. The van der Waals surface area contributed by atoms with Gasteiger partial charge in [0.15, 0.2) is 0 Å². The zero-order valence-electron chi connectivity index (χ0n) is 32.7. The number of aryl methyl sites for hydroxylation is 2. The van der Waals surface area contributed by atoms with Gasteiger partial charge in [0.2, 0.25) is 0 Å². The van der Waals surface area contributed by atoms with Gasteiger partial charge in [-0.25, -0.2) is 9.97 Å². The number of pyridine rings is 2.